The highest BCUT2D eigenvalue weighted by Gasteiger charge is 2.70. The maximum Gasteiger partial charge on any atom is 0.139 e. The first kappa shape index (κ1) is 5.34. The first-order chi connectivity index (χ1) is 4.73. The number of carbonyl (C=O) groups is 1. The van der Waals surface area contributed by atoms with Crippen LogP contribution < -0.4 is 0 Å². The average Bonchev–Trinajstić information content (AvgIpc) is 2.39. The third kappa shape index (κ3) is 0.340. The molecular formula is C9H12O. The SMILES string of the molecule is C[C@]12C[C@H]1[C@H]1CC[C@H]2C1=O. The van der Waals surface area contributed by atoms with Gasteiger partial charge in [0.15, 0.2) is 0 Å². The summed E-state index contributed by atoms with van der Waals surface area (Å²) in [6, 6.07) is 0. The molecule has 2 bridgehead atoms. The minimum atomic E-state index is 0.488. The second-order valence-corrected chi connectivity index (χ2v) is 4.46. The molecule has 1 nitrogen and oxygen atoms in total. The molecule has 3 rings (SSSR count). The third-order valence-corrected chi connectivity index (χ3v) is 4.10. The fraction of sp³-hybridized carbons (Fsp3) is 0.889. The summed E-state index contributed by atoms with van der Waals surface area (Å²) in [5.41, 5.74) is 0.500. The molecule has 0 aromatic heterocycles. The van der Waals surface area contributed by atoms with E-state index < -0.39 is 0 Å². The van der Waals surface area contributed by atoms with Crippen LogP contribution in [0, 0.1) is 23.2 Å². The summed E-state index contributed by atoms with van der Waals surface area (Å²) in [6.45, 7) is 2.30. The number of rotatable bonds is 0. The van der Waals surface area contributed by atoms with Crippen LogP contribution in [0.1, 0.15) is 26.2 Å². The van der Waals surface area contributed by atoms with Gasteiger partial charge >= 0.3 is 0 Å². The summed E-state index contributed by atoms with van der Waals surface area (Å²) in [4.78, 5) is 11.4. The standard InChI is InChI=1S/C9H12O/c1-9-4-7(9)5-2-3-6(9)8(5)10/h5-7H,2-4H2,1H3/t5-,6+,7+,9-/m1/s1. The van der Waals surface area contributed by atoms with Crippen LogP contribution in [0.4, 0.5) is 0 Å². The van der Waals surface area contributed by atoms with Crippen molar-refractivity contribution in [1.29, 1.82) is 0 Å². The van der Waals surface area contributed by atoms with E-state index in [0.29, 0.717) is 23.0 Å². The fourth-order valence-corrected chi connectivity index (χ4v) is 3.36. The number of fused-ring (bicyclic) bond motifs is 5. The van der Waals surface area contributed by atoms with Gasteiger partial charge in [-0.15, -0.1) is 0 Å². The molecule has 3 saturated carbocycles. The molecule has 3 fully saturated rings. The minimum absolute atomic E-state index is 0.488. The predicted molar refractivity (Wildman–Crippen MR) is 37.4 cm³/mol. The molecule has 4 atom stereocenters. The summed E-state index contributed by atoms with van der Waals surface area (Å²) in [7, 11) is 0. The van der Waals surface area contributed by atoms with Gasteiger partial charge < -0.3 is 0 Å². The molecule has 0 amide bonds. The van der Waals surface area contributed by atoms with Crippen molar-refractivity contribution in [2.24, 2.45) is 23.2 Å². The van der Waals surface area contributed by atoms with Crippen molar-refractivity contribution in [1.82, 2.24) is 0 Å². The molecule has 0 spiro atoms. The first-order valence-electron chi connectivity index (χ1n) is 4.27. The topological polar surface area (TPSA) is 17.1 Å². The van der Waals surface area contributed by atoms with Crippen LogP contribution in [0.2, 0.25) is 0 Å². The van der Waals surface area contributed by atoms with Gasteiger partial charge in [0.1, 0.15) is 5.78 Å². The smallest absolute Gasteiger partial charge is 0.139 e. The van der Waals surface area contributed by atoms with Gasteiger partial charge in [-0.25, -0.2) is 0 Å². The van der Waals surface area contributed by atoms with Crippen molar-refractivity contribution in [3.8, 4) is 0 Å². The van der Waals surface area contributed by atoms with Gasteiger partial charge in [0.2, 0.25) is 0 Å². The van der Waals surface area contributed by atoms with E-state index in [9.17, 15) is 4.79 Å². The zero-order valence-electron chi connectivity index (χ0n) is 6.26. The molecule has 0 N–H and O–H groups in total. The van der Waals surface area contributed by atoms with Gasteiger partial charge in [-0.1, -0.05) is 6.92 Å². The van der Waals surface area contributed by atoms with Gasteiger partial charge in [0.25, 0.3) is 0 Å². The second-order valence-electron chi connectivity index (χ2n) is 4.46. The van der Waals surface area contributed by atoms with Crippen LogP contribution in [0.15, 0.2) is 0 Å². The van der Waals surface area contributed by atoms with E-state index in [1.807, 2.05) is 0 Å². The Bertz CT molecular complexity index is 221. The van der Waals surface area contributed by atoms with Crippen molar-refractivity contribution < 1.29 is 4.79 Å². The molecule has 3 aliphatic rings. The molecule has 0 aromatic carbocycles. The molecule has 1 heteroatoms. The van der Waals surface area contributed by atoms with Crippen molar-refractivity contribution in [3.63, 3.8) is 0 Å². The van der Waals surface area contributed by atoms with Gasteiger partial charge in [-0.05, 0) is 30.6 Å². The van der Waals surface area contributed by atoms with Gasteiger partial charge in [-0.2, -0.15) is 0 Å². The van der Waals surface area contributed by atoms with E-state index >= 15 is 0 Å². The molecule has 0 radical (unpaired) electrons. The lowest BCUT2D eigenvalue weighted by atomic mass is 9.89. The molecule has 10 heavy (non-hydrogen) atoms. The molecule has 54 valence electrons. The summed E-state index contributed by atoms with van der Waals surface area (Å²) < 4.78 is 0. The Morgan fingerprint density at radius 1 is 1.50 bits per heavy atom. The van der Waals surface area contributed by atoms with E-state index in [-0.39, 0.29) is 0 Å². The van der Waals surface area contributed by atoms with Gasteiger partial charge in [-0.3, -0.25) is 4.79 Å². The molecule has 0 saturated heterocycles. The molecule has 3 aliphatic carbocycles. The quantitative estimate of drug-likeness (QED) is 0.494. The summed E-state index contributed by atoms with van der Waals surface area (Å²) in [5.74, 6) is 2.43. The maximum absolute atomic E-state index is 11.4. The lowest BCUT2D eigenvalue weighted by Crippen LogP contribution is -2.13. The highest BCUT2D eigenvalue weighted by molar-refractivity contribution is 5.90. The summed E-state index contributed by atoms with van der Waals surface area (Å²) >= 11 is 0. The van der Waals surface area contributed by atoms with E-state index in [4.69, 9.17) is 0 Å². The number of ketones is 1. The van der Waals surface area contributed by atoms with Crippen LogP contribution in [0.5, 0.6) is 0 Å². The minimum Gasteiger partial charge on any atom is -0.299 e. The van der Waals surface area contributed by atoms with Crippen LogP contribution >= 0.6 is 0 Å². The van der Waals surface area contributed by atoms with E-state index in [2.05, 4.69) is 6.92 Å². The lowest BCUT2D eigenvalue weighted by molar-refractivity contribution is -0.123. The Balaban J connectivity index is 2.11. The largest absolute Gasteiger partial charge is 0.299 e. The zero-order chi connectivity index (χ0) is 6.93. The number of Topliss-reactive ketones (excluding diaryl/α,β-unsaturated/α-hetero) is 1. The van der Waals surface area contributed by atoms with Crippen LogP contribution in [0.25, 0.3) is 0 Å². The summed E-state index contributed by atoms with van der Waals surface area (Å²) in [6.07, 6.45) is 3.77. The van der Waals surface area contributed by atoms with E-state index in [1.165, 1.54) is 19.3 Å². The Morgan fingerprint density at radius 3 is 2.70 bits per heavy atom. The van der Waals surface area contributed by atoms with E-state index in [0.717, 1.165) is 5.92 Å². The van der Waals surface area contributed by atoms with Gasteiger partial charge in [0, 0.05) is 11.8 Å². The number of carbonyl (C=O) groups excluding carboxylic acids is 1. The Hall–Kier alpha value is -0.330. The van der Waals surface area contributed by atoms with E-state index in [1.54, 1.807) is 0 Å². The van der Waals surface area contributed by atoms with Crippen molar-refractivity contribution in [2.45, 2.75) is 26.2 Å². The Kier molecular flexibility index (Phi) is 0.637. The van der Waals surface area contributed by atoms with Crippen molar-refractivity contribution in [3.05, 3.63) is 0 Å². The monoisotopic (exact) mass is 136 g/mol. The van der Waals surface area contributed by atoms with Crippen LogP contribution in [-0.4, -0.2) is 5.78 Å². The maximum atomic E-state index is 11.4. The Labute approximate surface area is 60.8 Å². The average molecular weight is 136 g/mol. The fourth-order valence-electron chi connectivity index (χ4n) is 3.36. The molecular weight excluding hydrogens is 124 g/mol. The number of hydrogen-bond donors (Lipinski definition) is 0. The Morgan fingerprint density at radius 2 is 2.30 bits per heavy atom. The van der Waals surface area contributed by atoms with Crippen LogP contribution in [0.3, 0.4) is 0 Å². The molecule has 0 aromatic rings. The third-order valence-electron chi connectivity index (χ3n) is 4.10. The zero-order valence-corrected chi connectivity index (χ0v) is 6.26. The molecule has 0 unspecified atom stereocenters. The van der Waals surface area contributed by atoms with Crippen molar-refractivity contribution >= 4 is 5.78 Å². The second kappa shape index (κ2) is 1.19. The predicted octanol–water partition coefficient (Wildman–Crippen LogP) is 1.62. The lowest BCUT2D eigenvalue weighted by Gasteiger charge is -2.14. The highest BCUT2D eigenvalue weighted by atomic mass is 16.1. The van der Waals surface area contributed by atoms with Crippen molar-refractivity contribution in [2.75, 3.05) is 0 Å². The molecule has 0 heterocycles. The number of hydrogen-bond acceptors (Lipinski definition) is 1. The highest BCUT2D eigenvalue weighted by Crippen LogP contribution is 2.72. The normalized spacial score (nSPS) is 62.9. The summed E-state index contributed by atoms with van der Waals surface area (Å²) in [5, 5.41) is 0. The first-order valence-corrected chi connectivity index (χ1v) is 4.27. The van der Waals surface area contributed by atoms with Crippen LogP contribution in [-0.2, 0) is 4.79 Å². The molecule has 0 aliphatic heterocycles. The van der Waals surface area contributed by atoms with Gasteiger partial charge in [0.05, 0.1) is 0 Å².